The maximum Gasteiger partial charge on any atom is 0.176 e. The molecule has 0 aliphatic heterocycles. The van der Waals surface area contributed by atoms with Gasteiger partial charge in [-0.2, -0.15) is 0 Å². The van der Waals surface area contributed by atoms with E-state index in [0.29, 0.717) is 22.9 Å². The molecule has 1 atom stereocenters. The first-order valence-corrected chi connectivity index (χ1v) is 5.98. The van der Waals surface area contributed by atoms with E-state index in [2.05, 4.69) is 15.9 Å². The summed E-state index contributed by atoms with van der Waals surface area (Å²) in [7, 11) is 0. The molecule has 0 amide bonds. The first-order valence-electron chi connectivity index (χ1n) is 4.15. The molecule has 0 saturated heterocycles. The minimum absolute atomic E-state index is 0.0438. The largest absolute Gasteiger partial charge is 0.293 e. The molecule has 76 valence electrons. The molecule has 0 bridgehead atoms. The minimum atomic E-state index is -0.207. The van der Waals surface area contributed by atoms with Gasteiger partial charge in [-0.05, 0) is 30.7 Å². The SMILES string of the molecule is O=C(c1ccc(Cl)cc1)C(Br)CCCl. The Morgan fingerprint density at radius 1 is 1.36 bits per heavy atom. The van der Waals surface area contributed by atoms with E-state index in [9.17, 15) is 4.79 Å². The van der Waals surface area contributed by atoms with Gasteiger partial charge < -0.3 is 0 Å². The summed E-state index contributed by atoms with van der Waals surface area (Å²) in [5.41, 5.74) is 0.654. The Hall–Kier alpha value is -0.0500. The molecular formula is C10H9BrCl2O. The second-order valence-corrected chi connectivity index (χ2v) is 4.74. The number of carbonyl (C=O) groups excluding carboxylic acids is 1. The van der Waals surface area contributed by atoms with Gasteiger partial charge in [0.2, 0.25) is 0 Å². The van der Waals surface area contributed by atoms with Crippen LogP contribution in [0.3, 0.4) is 0 Å². The van der Waals surface area contributed by atoms with Gasteiger partial charge in [0.25, 0.3) is 0 Å². The number of alkyl halides is 2. The van der Waals surface area contributed by atoms with Gasteiger partial charge in [-0.25, -0.2) is 0 Å². The summed E-state index contributed by atoms with van der Waals surface area (Å²) in [6.45, 7) is 0. The van der Waals surface area contributed by atoms with Crippen molar-refractivity contribution in [1.82, 2.24) is 0 Å². The lowest BCUT2D eigenvalue weighted by atomic mass is 10.1. The lowest BCUT2D eigenvalue weighted by Gasteiger charge is -2.06. The summed E-state index contributed by atoms with van der Waals surface area (Å²) < 4.78 is 0. The predicted molar refractivity (Wildman–Crippen MR) is 63.8 cm³/mol. The van der Waals surface area contributed by atoms with Crippen molar-refractivity contribution in [2.45, 2.75) is 11.2 Å². The zero-order chi connectivity index (χ0) is 10.6. The standard InChI is InChI=1S/C10H9BrCl2O/c11-9(5-6-12)10(14)7-1-3-8(13)4-2-7/h1-4,9H,5-6H2. The molecule has 0 heterocycles. The molecule has 0 N–H and O–H groups in total. The Bertz CT molecular complexity index is 310. The average Bonchev–Trinajstić information content (AvgIpc) is 2.18. The van der Waals surface area contributed by atoms with Crippen molar-refractivity contribution < 1.29 is 4.79 Å². The third kappa shape index (κ3) is 3.26. The maximum atomic E-state index is 11.7. The van der Waals surface area contributed by atoms with Crippen LogP contribution in [0.25, 0.3) is 0 Å². The van der Waals surface area contributed by atoms with E-state index in [4.69, 9.17) is 23.2 Å². The Morgan fingerprint density at radius 2 is 1.93 bits per heavy atom. The molecule has 1 nitrogen and oxygen atoms in total. The van der Waals surface area contributed by atoms with Crippen LogP contribution in [0.15, 0.2) is 24.3 Å². The van der Waals surface area contributed by atoms with E-state index >= 15 is 0 Å². The zero-order valence-electron chi connectivity index (χ0n) is 7.34. The lowest BCUT2D eigenvalue weighted by molar-refractivity contribution is 0.0990. The molecule has 1 aromatic carbocycles. The smallest absolute Gasteiger partial charge is 0.176 e. The molecule has 4 heteroatoms. The highest BCUT2D eigenvalue weighted by atomic mass is 79.9. The second kappa shape index (κ2) is 5.74. The molecule has 0 spiro atoms. The number of ketones is 1. The van der Waals surface area contributed by atoms with E-state index in [1.807, 2.05) is 0 Å². The van der Waals surface area contributed by atoms with Crippen LogP contribution < -0.4 is 0 Å². The molecule has 0 aliphatic carbocycles. The highest BCUT2D eigenvalue weighted by molar-refractivity contribution is 9.10. The quantitative estimate of drug-likeness (QED) is 0.608. The van der Waals surface area contributed by atoms with Gasteiger partial charge in [-0.3, -0.25) is 4.79 Å². The van der Waals surface area contributed by atoms with Crippen LogP contribution in [0.5, 0.6) is 0 Å². The Labute approximate surface area is 102 Å². The van der Waals surface area contributed by atoms with Gasteiger partial charge >= 0.3 is 0 Å². The summed E-state index contributed by atoms with van der Waals surface area (Å²) in [5.74, 6) is 0.511. The molecule has 1 rings (SSSR count). The van der Waals surface area contributed by atoms with E-state index < -0.39 is 0 Å². The van der Waals surface area contributed by atoms with E-state index in [1.54, 1.807) is 24.3 Å². The molecule has 1 unspecified atom stereocenters. The maximum absolute atomic E-state index is 11.7. The summed E-state index contributed by atoms with van der Waals surface area (Å²) in [6.07, 6.45) is 0.628. The van der Waals surface area contributed by atoms with E-state index in [1.165, 1.54) is 0 Å². The van der Waals surface area contributed by atoms with Crippen molar-refractivity contribution in [1.29, 1.82) is 0 Å². The number of hydrogen-bond acceptors (Lipinski definition) is 1. The van der Waals surface area contributed by atoms with Gasteiger partial charge in [-0.1, -0.05) is 27.5 Å². The fourth-order valence-electron chi connectivity index (χ4n) is 1.02. The van der Waals surface area contributed by atoms with Crippen molar-refractivity contribution in [3.63, 3.8) is 0 Å². The highest BCUT2D eigenvalue weighted by Crippen LogP contribution is 2.16. The van der Waals surface area contributed by atoms with Crippen LogP contribution >= 0.6 is 39.1 Å². The van der Waals surface area contributed by atoms with Crippen LogP contribution in [0.2, 0.25) is 5.02 Å². The van der Waals surface area contributed by atoms with Crippen molar-refractivity contribution in [3.05, 3.63) is 34.9 Å². The molecule has 0 aromatic heterocycles. The molecule has 1 aromatic rings. The van der Waals surface area contributed by atoms with Crippen LogP contribution in [-0.2, 0) is 0 Å². The molecule has 0 radical (unpaired) electrons. The molecule has 14 heavy (non-hydrogen) atoms. The van der Waals surface area contributed by atoms with Crippen molar-refractivity contribution in [2.75, 3.05) is 5.88 Å². The van der Waals surface area contributed by atoms with E-state index in [-0.39, 0.29) is 10.6 Å². The fourth-order valence-corrected chi connectivity index (χ4v) is 2.12. The number of hydrogen-bond donors (Lipinski definition) is 0. The number of benzene rings is 1. The van der Waals surface area contributed by atoms with Crippen LogP contribution in [-0.4, -0.2) is 16.5 Å². The highest BCUT2D eigenvalue weighted by Gasteiger charge is 2.15. The monoisotopic (exact) mass is 294 g/mol. The summed E-state index contributed by atoms with van der Waals surface area (Å²) >= 11 is 14.6. The predicted octanol–water partition coefficient (Wildman–Crippen LogP) is 3.92. The van der Waals surface area contributed by atoms with Crippen LogP contribution in [0.4, 0.5) is 0 Å². The topological polar surface area (TPSA) is 17.1 Å². The van der Waals surface area contributed by atoms with Crippen LogP contribution in [0.1, 0.15) is 16.8 Å². The van der Waals surface area contributed by atoms with Gasteiger partial charge in [0.05, 0.1) is 4.83 Å². The van der Waals surface area contributed by atoms with Crippen molar-refractivity contribution in [2.24, 2.45) is 0 Å². The Morgan fingerprint density at radius 3 is 2.43 bits per heavy atom. The number of Topliss-reactive ketones (excluding diaryl/α,β-unsaturated/α-hetero) is 1. The van der Waals surface area contributed by atoms with Gasteiger partial charge in [0.1, 0.15) is 0 Å². The molecule has 0 aliphatic rings. The number of rotatable bonds is 4. The normalized spacial score (nSPS) is 12.5. The fraction of sp³-hybridized carbons (Fsp3) is 0.300. The molecular weight excluding hydrogens is 287 g/mol. The molecule has 0 fully saturated rings. The van der Waals surface area contributed by atoms with Gasteiger partial charge in [-0.15, -0.1) is 11.6 Å². The Kier molecular flexibility index (Phi) is 4.93. The van der Waals surface area contributed by atoms with Crippen molar-refractivity contribution >= 4 is 44.9 Å². The number of halogens is 3. The lowest BCUT2D eigenvalue weighted by Crippen LogP contribution is -2.14. The minimum Gasteiger partial charge on any atom is -0.293 e. The summed E-state index contributed by atoms with van der Waals surface area (Å²) in [5, 5.41) is 0.630. The zero-order valence-corrected chi connectivity index (χ0v) is 10.4. The van der Waals surface area contributed by atoms with Crippen LogP contribution in [0, 0.1) is 0 Å². The summed E-state index contributed by atoms with van der Waals surface area (Å²) in [4.78, 5) is 11.5. The third-order valence-electron chi connectivity index (χ3n) is 1.78. The first kappa shape index (κ1) is 12.0. The number of carbonyl (C=O) groups is 1. The van der Waals surface area contributed by atoms with Gasteiger partial charge in [0.15, 0.2) is 5.78 Å². The summed E-state index contributed by atoms with van der Waals surface area (Å²) in [6, 6.07) is 6.84. The first-order chi connectivity index (χ1) is 6.65. The molecule has 0 saturated carbocycles. The van der Waals surface area contributed by atoms with E-state index in [0.717, 1.165) is 0 Å². The third-order valence-corrected chi connectivity index (χ3v) is 3.12. The Balaban J connectivity index is 2.74. The van der Waals surface area contributed by atoms with Crippen molar-refractivity contribution in [3.8, 4) is 0 Å². The van der Waals surface area contributed by atoms with Gasteiger partial charge in [0, 0.05) is 16.5 Å². The second-order valence-electron chi connectivity index (χ2n) is 2.82. The average molecular weight is 296 g/mol.